The maximum Gasteiger partial charge on any atom is 0.407 e. The van der Waals surface area contributed by atoms with Crippen LogP contribution in [0.5, 0.6) is 0 Å². The lowest BCUT2D eigenvalue weighted by Crippen LogP contribution is -2.36. The molecule has 23 heavy (non-hydrogen) atoms. The van der Waals surface area contributed by atoms with Crippen LogP contribution in [0.4, 0.5) is 4.79 Å². The number of hydrogen-bond acceptors (Lipinski definition) is 5. The van der Waals surface area contributed by atoms with Crippen LogP contribution in [0.15, 0.2) is 23.0 Å². The van der Waals surface area contributed by atoms with Gasteiger partial charge >= 0.3 is 6.09 Å². The van der Waals surface area contributed by atoms with Crippen molar-refractivity contribution in [2.24, 2.45) is 0 Å². The molecule has 1 amide bonds. The van der Waals surface area contributed by atoms with Crippen LogP contribution < -0.4 is 5.32 Å². The molecule has 1 N–H and O–H groups in total. The Kier molecular flexibility index (Phi) is 5.66. The molecule has 2 heterocycles. The van der Waals surface area contributed by atoms with E-state index in [-0.39, 0.29) is 6.04 Å². The third kappa shape index (κ3) is 4.95. The number of rotatable bonds is 5. The van der Waals surface area contributed by atoms with Gasteiger partial charge in [-0.2, -0.15) is 0 Å². The summed E-state index contributed by atoms with van der Waals surface area (Å²) >= 11 is 2.06. The van der Waals surface area contributed by atoms with E-state index in [1.54, 1.807) is 6.20 Å². The predicted molar refractivity (Wildman–Crippen MR) is 93.2 cm³/mol. The molecule has 0 aliphatic rings. The van der Waals surface area contributed by atoms with Crippen molar-refractivity contribution in [3.8, 4) is 0 Å². The fourth-order valence-corrected chi connectivity index (χ4v) is 2.58. The van der Waals surface area contributed by atoms with Gasteiger partial charge in [0, 0.05) is 54.0 Å². The summed E-state index contributed by atoms with van der Waals surface area (Å²) in [6, 6.07) is 1.65. The largest absolute Gasteiger partial charge is 0.444 e. The first-order chi connectivity index (χ1) is 10.8. The number of aryl methyl sites for hydroxylation is 1. The van der Waals surface area contributed by atoms with Gasteiger partial charge in [0.05, 0.1) is 6.04 Å². The van der Waals surface area contributed by atoms with E-state index in [4.69, 9.17) is 9.26 Å². The van der Waals surface area contributed by atoms with Crippen molar-refractivity contribution in [3.05, 3.63) is 33.7 Å². The molecule has 0 bridgehead atoms. The maximum atomic E-state index is 11.9. The number of amides is 1. The van der Waals surface area contributed by atoms with Crippen LogP contribution in [-0.2, 0) is 11.2 Å². The Bertz CT molecular complexity index is 660. The minimum Gasteiger partial charge on any atom is -0.444 e. The molecule has 2 aromatic rings. The Hall–Kier alpha value is -1.58. The summed E-state index contributed by atoms with van der Waals surface area (Å²) in [5, 5.41) is 6.87. The highest BCUT2D eigenvalue weighted by Gasteiger charge is 2.23. The van der Waals surface area contributed by atoms with Crippen LogP contribution in [0.25, 0.3) is 0 Å². The highest BCUT2D eigenvalue weighted by atomic mass is 127. The Morgan fingerprint density at radius 1 is 1.52 bits per heavy atom. The second-order valence-electron chi connectivity index (χ2n) is 6.06. The summed E-state index contributed by atoms with van der Waals surface area (Å²) in [7, 11) is 0. The topological polar surface area (TPSA) is 82.2 Å². The molecule has 2 aromatic heterocycles. The van der Waals surface area contributed by atoms with Gasteiger partial charge in [-0.15, -0.1) is 0 Å². The first-order valence-corrected chi connectivity index (χ1v) is 8.48. The van der Waals surface area contributed by atoms with Crippen molar-refractivity contribution < 1.29 is 14.1 Å². The number of hydrogen-bond donors (Lipinski definition) is 1. The Labute approximate surface area is 148 Å². The summed E-state index contributed by atoms with van der Waals surface area (Å²) in [6.45, 7) is 7.85. The summed E-state index contributed by atoms with van der Waals surface area (Å²) in [4.78, 5) is 16.3. The highest BCUT2D eigenvalue weighted by molar-refractivity contribution is 14.1. The third-order valence-electron chi connectivity index (χ3n) is 3.08. The first kappa shape index (κ1) is 17.8. The molecule has 0 radical (unpaired) electrons. The minimum atomic E-state index is -0.535. The van der Waals surface area contributed by atoms with E-state index in [0.717, 1.165) is 17.9 Å². The molecular formula is C15H21IN4O3. The van der Waals surface area contributed by atoms with Crippen molar-refractivity contribution in [1.29, 1.82) is 0 Å². The number of halogens is 1. The standard InChI is InChI=1S/C15H21IN4O3/c1-5-13-17-6-7-20(13)11(10-8-12(16)23-19-10)9-18-14(21)22-15(2,3)4/h6-8,11H,5,9H2,1-4H3,(H,18,21)/t11-/m1/s1. The van der Waals surface area contributed by atoms with Crippen molar-refractivity contribution in [1.82, 2.24) is 20.0 Å². The summed E-state index contributed by atoms with van der Waals surface area (Å²) in [5.41, 5.74) is 0.199. The van der Waals surface area contributed by atoms with Gasteiger partial charge in [-0.05, 0) is 20.8 Å². The summed E-state index contributed by atoms with van der Waals surface area (Å²) in [5.74, 6) is 0.916. The van der Waals surface area contributed by atoms with E-state index in [2.05, 4.69) is 38.0 Å². The van der Waals surface area contributed by atoms with E-state index < -0.39 is 11.7 Å². The molecule has 0 aromatic carbocycles. The van der Waals surface area contributed by atoms with E-state index in [1.165, 1.54) is 0 Å². The lowest BCUT2D eigenvalue weighted by atomic mass is 10.2. The zero-order valence-corrected chi connectivity index (χ0v) is 15.8. The van der Waals surface area contributed by atoms with Crippen molar-refractivity contribution in [2.75, 3.05) is 6.54 Å². The molecule has 0 aliphatic heterocycles. The molecule has 1 atom stereocenters. The number of nitrogens with one attached hydrogen (secondary N) is 1. The molecule has 126 valence electrons. The number of aromatic nitrogens is 3. The number of nitrogens with zero attached hydrogens (tertiary/aromatic N) is 3. The number of alkyl carbamates (subject to hydrolysis) is 1. The SMILES string of the molecule is CCc1nccn1[C@H](CNC(=O)OC(C)(C)C)c1cc(I)on1. The second kappa shape index (κ2) is 7.33. The minimum absolute atomic E-state index is 0.202. The molecule has 0 spiro atoms. The lowest BCUT2D eigenvalue weighted by Gasteiger charge is -2.22. The average molecular weight is 432 g/mol. The summed E-state index contributed by atoms with van der Waals surface area (Å²) in [6.07, 6.45) is 3.94. The fraction of sp³-hybridized carbons (Fsp3) is 0.533. The van der Waals surface area contributed by atoms with Gasteiger partial charge in [0.15, 0.2) is 3.77 Å². The van der Waals surface area contributed by atoms with Gasteiger partial charge in [-0.1, -0.05) is 12.1 Å². The van der Waals surface area contributed by atoms with Crippen molar-refractivity contribution in [2.45, 2.75) is 45.8 Å². The fourth-order valence-electron chi connectivity index (χ4n) is 2.16. The predicted octanol–water partition coefficient (Wildman–Crippen LogP) is 3.15. The van der Waals surface area contributed by atoms with Crippen molar-refractivity contribution >= 4 is 28.7 Å². The molecule has 0 aliphatic carbocycles. The molecule has 2 rings (SSSR count). The average Bonchev–Trinajstić information content (AvgIpc) is 3.06. The van der Waals surface area contributed by atoms with Gasteiger partial charge < -0.3 is 19.1 Å². The quantitative estimate of drug-likeness (QED) is 0.735. The molecule has 0 unspecified atom stereocenters. The number of ether oxygens (including phenoxy) is 1. The Morgan fingerprint density at radius 3 is 2.83 bits per heavy atom. The Morgan fingerprint density at radius 2 is 2.26 bits per heavy atom. The molecule has 7 nitrogen and oxygen atoms in total. The van der Waals surface area contributed by atoms with Crippen LogP contribution in [-0.4, -0.2) is 32.9 Å². The van der Waals surface area contributed by atoms with E-state index in [0.29, 0.717) is 10.3 Å². The van der Waals surface area contributed by atoms with E-state index in [9.17, 15) is 4.79 Å². The van der Waals surface area contributed by atoms with Gasteiger partial charge in [-0.3, -0.25) is 0 Å². The van der Waals surface area contributed by atoms with Gasteiger partial charge in [0.2, 0.25) is 0 Å². The zero-order valence-electron chi connectivity index (χ0n) is 13.7. The molecule has 0 saturated heterocycles. The monoisotopic (exact) mass is 432 g/mol. The Balaban J connectivity index is 2.17. The maximum absolute atomic E-state index is 11.9. The lowest BCUT2D eigenvalue weighted by molar-refractivity contribution is 0.0522. The van der Waals surface area contributed by atoms with Crippen LogP contribution in [0, 0.1) is 3.77 Å². The number of carbonyl (C=O) groups is 1. The molecule has 8 heteroatoms. The molecule has 0 fully saturated rings. The first-order valence-electron chi connectivity index (χ1n) is 7.41. The normalized spacial score (nSPS) is 12.9. The molecular weight excluding hydrogens is 411 g/mol. The van der Waals surface area contributed by atoms with Gasteiger partial charge in [0.1, 0.15) is 17.1 Å². The number of carbonyl (C=O) groups excluding carboxylic acids is 1. The van der Waals surface area contributed by atoms with E-state index >= 15 is 0 Å². The molecule has 0 saturated carbocycles. The third-order valence-corrected chi connectivity index (χ3v) is 3.59. The van der Waals surface area contributed by atoms with Crippen LogP contribution >= 0.6 is 22.6 Å². The second-order valence-corrected chi connectivity index (χ2v) is 7.12. The van der Waals surface area contributed by atoms with Crippen LogP contribution in [0.1, 0.15) is 45.3 Å². The highest BCUT2D eigenvalue weighted by Crippen LogP contribution is 2.21. The number of imidazole rings is 1. The van der Waals surface area contributed by atoms with Crippen LogP contribution in [0.3, 0.4) is 0 Å². The van der Waals surface area contributed by atoms with Gasteiger partial charge in [0.25, 0.3) is 0 Å². The van der Waals surface area contributed by atoms with Gasteiger partial charge in [-0.25, -0.2) is 9.78 Å². The van der Waals surface area contributed by atoms with Crippen LogP contribution in [0.2, 0.25) is 0 Å². The zero-order chi connectivity index (χ0) is 17.0. The summed E-state index contributed by atoms with van der Waals surface area (Å²) < 4.78 is 13.1. The smallest absolute Gasteiger partial charge is 0.407 e. The van der Waals surface area contributed by atoms with E-state index in [1.807, 2.05) is 44.5 Å². The van der Waals surface area contributed by atoms with Crippen molar-refractivity contribution in [3.63, 3.8) is 0 Å².